The lowest BCUT2D eigenvalue weighted by Gasteiger charge is -2.22. The maximum absolute atomic E-state index is 6.24. The van der Waals surface area contributed by atoms with Crippen LogP contribution in [0.1, 0.15) is 20.3 Å². The molecule has 18 heavy (non-hydrogen) atoms. The van der Waals surface area contributed by atoms with Crippen molar-refractivity contribution in [2.75, 3.05) is 0 Å². The lowest BCUT2D eigenvalue weighted by atomic mass is 10.3. The van der Waals surface area contributed by atoms with Crippen LogP contribution in [0.3, 0.4) is 0 Å². The predicted octanol–water partition coefficient (Wildman–Crippen LogP) is 3.85. The molecule has 0 spiro atoms. The van der Waals surface area contributed by atoms with E-state index >= 15 is 0 Å². The van der Waals surface area contributed by atoms with Gasteiger partial charge in [0.25, 0.3) is 0 Å². The van der Waals surface area contributed by atoms with Crippen molar-refractivity contribution in [1.82, 2.24) is 0 Å². The van der Waals surface area contributed by atoms with E-state index in [0.29, 0.717) is 0 Å². The van der Waals surface area contributed by atoms with Gasteiger partial charge in [0.05, 0.1) is 14.3 Å². The van der Waals surface area contributed by atoms with Crippen LogP contribution in [-0.4, -0.2) is 6.10 Å². The van der Waals surface area contributed by atoms with Crippen molar-refractivity contribution in [3.8, 4) is 0 Å². The van der Waals surface area contributed by atoms with Gasteiger partial charge in [-0.1, -0.05) is 67.6 Å². The van der Waals surface area contributed by atoms with Crippen LogP contribution < -0.4 is 10.6 Å². The third-order valence-corrected chi connectivity index (χ3v) is 4.95. The minimum Gasteiger partial charge on any atom is -0.347 e. The van der Waals surface area contributed by atoms with Crippen LogP contribution >= 0.6 is 8.15 Å². The van der Waals surface area contributed by atoms with Gasteiger partial charge in [0.15, 0.2) is 0 Å². The third-order valence-electron chi connectivity index (χ3n) is 2.84. The topological polar surface area (TPSA) is 9.23 Å². The summed E-state index contributed by atoms with van der Waals surface area (Å²) >= 11 is 0. The van der Waals surface area contributed by atoms with Crippen molar-refractivity contribution in [2.45, 2.75) is 26.4 Å². The van der Waals surface area contributed by atoms with Crippen LogP contribution in [0.15, 0.2) is 60.7 Å². The van der Waals surface area contributed by atoms with E-state index in [0.717, 1.165) is 6.42 Å². The Morgan fingerprint density at radius 1 is 0.889 bits per heavy atom. The van der Waals surface area contributed by atoms with Crippen LogP contribution in [0.25, 0.3) is 0 Å². The molecule has 0 unspecified atom stereocenters. The molecule has 0 aromatic heterocycles. The highest BCUT2D eigenvalue weighted by Crippen LogP contribution is 2.36. The van der Waals surface area contributed by atoms with E-state index in [1.807, 2.05) is 12.1 Å². The van der Waals surface area contributed by atoms with Crippen LogP contribution in [0, 0.1) is 0 Å². The molecule has 0 saturated heterocycles. The maximum Gasteiger partial charge on any atom is 0.0921 e. The lowest BCUT2D eigenvalue weighted by Crippen LogP contribution is -2.17. The Balaban J connectivity index is 2.29. The molecule has 0 aliphatic rings. The van der Waals surface area contributed by atoms with E-state index in [1.54, 1.807) is 0 Å². The monoisotopic (exact) mass is 258 g/mol. The summed E-state index contributed by atoms with van der Waals surface area (Å²) in [6, 6.07) is 21.0. The number of hydrogen-bond acceptors (Lipinski definition) is 1. The average Bonchev–Trinajstić information content (AvgIpc) is 2.46. The zero-order valence-corrected chi connectivity index (χ0v) is 11.8. The fraction of sp³-hybridized carbons (Fsp3) is 0.250. The summed E-state index contributed by atoms with van der Waals surface area (Å²) in [4.78, 5) is 0. The molecule has 0 radical (unpaired) electrons. The van der Waals surface area contributed by atoms with Gasteiger partial charge in [-0.3, -0.25) is 0 Å². The van der Waals surface area contributed by atoms with Crippen molar-refractivity contribution < 1.29 is 4.52 Å². The van der Waals surface area contributed by atoms with Gasteiger partial charge in [0, 0.05) is 10.6 Å². The molecular formula is C16H19OP. The molecule has 2 aromatic carbocycles. The summed E-state index contributed by atoms with van der Waals surface area (Å²) in [7, 11) is -0.696. The SMILES string of the molecule is CC[C@@H](C)OP(c1ccccc1)c1ccccc1. The van der Waals surface area contributed by atoms with E-state index in [-0.39, 0.29) is 6.10 Å². The molecule has 2 aromatic rings. The molecule has 0 amide bonds. The Bertz CT molecular complexity index is 416. The molecular weight excluding hydrogens is 239 g/mol. The second-order valence-electron chi connectivity index (χ2n) is 4.29. The van der Waals surface area contributed by atoms with Crippen LogP contribution in [0.2, 0.25) is 0 Å². The van der Waals surface area contributed by atoms with Gasteiger partial charge < -0.3 is 4.52 Å². The quantitative estimate of drug-likeness (QED) is 0.740. The Kier molecular flexibility index (Phi) is 4.92. The third kappa shape index (κ3) is 3.41. The molecule has 0 aliphatic heterocycles. The Labute approximate surface area is 111 Å². The molecule has 0 N–H and O–H groups in total. The first-order valence-corrected chi connectivity index (χ1v) is 7.64. The highest BCUT2D eigenvalue weighted by Gasteiger charge is 2.16. The Morgan fingerprint density at radius 3 is 1.72 bits per heavy atom. The van der Waals surface area contributed by atoms with Crippen LogP contribution in [0.4, 0.5) is 0 Å². The Morgan fingerprint density at radius 2 is 1.33 bits per heavy atom. The summed E-state index contributed by atoms with van der Waals surface area (Å²) in [6.07, 6.45) is 1.33. The van der Waals surface area contributed by atoms with E-state index in [2.05, 4.69) is 62.4 Å². The van der Waals surface area contributed by atoms with E-state index in [4.69, 9.17) is 4.52 Å². The first-order valence-electron chi connectivity index (χ1n) is 6.38. The lowest BCUT2D eigenvalue weighted by molar-refractivity contribution is 0.249. The minimum absolute atomic E-state index is 0.288. The molecule has 1 nitrogen and oxygen atoms in total. The summed E-state index contributed by atoms with van der Waals surface area (Å²) in [5, 5.41) is 2.55. The first kappa shape index (κ1) is 13.3. The van der Waals surface area contributed by atoms with Gasteiger partial charge in [-0.25, -0.2) is 0 Å². The predicted molar refractivity (Wildman–Crippen MR) is 79.9 cm³/mol. The second kappa shape index (κ2) is 6.68. The molecule has 0 saturated carbocycles. The summed E-state index contributed by atoms with van der Waals surface area (Å²) in [5.41, 5.74) is 0. The van der Waals surface area contributed by atoms with Crippen molar-refractivity contribution in [3.05, 3.63) is 60.7 Å². The summed E-state index contributed by atoms with van der Waals surface area (Å²) < 4.78 is 6.24. The number of benzene rings is 2. The Hall–Kier alpha value is -1.17. The fourth-order valence-electron chi connectivity index (χ4n) is 1.65. The molecule has 0 aliphatic carbocycles. The zero-order valence-electron chi connectivity index (χ0n) is 10.9. The molecule has 0 fully saturated rings. The summed E-state index contributed by atoms with van der Waals surface area (Å²) in [6.45, 7) is 4.30. The number of hydrogen-bond donors (Lipinski definition) is 0. The molecule has 2 rings (SSSR count). The van der Waals surface area contributed by atoms with E-state index in [1.165, 1.54) is 10.6 Å². The molecule has 0 heterocycles. The minimum atomic E-state index is -0.696. The van der Waals surface area contributed by atoms with Gasteiger partial charge in [-0.05, 0) is 13.3 Å². The van der Waals surface area contributed by atoms with Gasteiger partial charge >= 0.3 is 0 Å². The molecule has 2 heteroatoms. The van der Waals surface area contributed by atoms with Gasteiger partial charge in [-0.2, -0.15) is 0 Å². The van der Waals surface area contributed by atoms with Gasteiger partial charge in [-0.15, -0.1) is 0 Å². The van der Waals surface area contributed by atoms with Gasteiger partial charge in [0.1, 0.15) is 0 Å². The molecule has 94 valence electrons. The first-order chi connectivity index (χ1) is 8.81. The fourth-order valence-corrected chi connectivity index (χ4v) is 3.59. The van der Waals surface area contributed by atoms with E-state index in [9.17, 15) is 0 Å². The largest absolute Gasteiger partial charge is 0.347 e. The average molecular weight is 258 g/mol. The maximum atomic E-state index is 6.24. The molecule has 1 atom stereocenters. The summed E-state index contributed by atoms with van der Waals surface area (Å²) in [5.74, 6) is 0. The van der Waals surface area contributed by atoms with Crippen LogP contribution in [0.5, 0.6) is 0 Å². The molecule has 0 bridgehead atoms. The van der Waals surface area contributed by atoms with Crippen molar-refractivity contribution in [2.24, 2.45) is 0 Å². The zero-order chi connectivity index (χ0) is 12.8. The van der Waals surface area contributed by atoms with Gasteiger partial charge in [0.2, 0.25) is 0 Å². The number of rotatable bonds is 5. The van der Waals surface area contributed by atoms with Crippen molar-refractivity contribution in [3.63, 3.8) is 0 Å². The highest BCUT2D eigenvalue weighted by molar-refractivity contribution is 7.68. The van der Waals surface area contributed by atoms with Crippen molar-refractivity contribution in [1.29, 1.82) is 0 Å². The van der Waals surface area contributed by atoms with Crippen molar-refractivity contribution >= 4 is 18.8 Å². The smallest absolute Gasteiger partial charge is 0.0921 e. The second-order valence-corrected chi connectivity index (χ2v) is 6.12. The standard InChI is InChI=1S/C16H19OP/c1-3-14(2)17-18(15-10-6-4-7-11-15)16-12-8-5-9-13-16/h4-14H,3H2,1-2H3/t14-/m1/s1. The van der Waals surface area contributed by atoms with Crippen LogP contribution in [-0.2, 0) is 4.52 Å². The highest BCUT2D eigenvalue weighted by atomic mass is 31.1. The normalized spacial score (nSPS) is 12.6. The van der Waals surface area contributed by atoms with E-state index < -0.39 is 8.15 Å².